The minimum atomic E-state index is 0.882. The molecule has 0 saturated heterocycles. The van der Waals surface area contributed by atoms with E-state index in [1.165, 1.54) is 38.5 Å². The van der Waals surface area contributed by atoms with Crippen LogP contribution < -0.4 is 5.73 Å². The van der Waals surface area contributed by atoms with Crippen molar-refractivity contribution in [2.45, 2.75) is 45.4 Å². The summed E-state index contributed by atoms with van der Waals surface area (Å²) in [5, 5.41) is 0. The first kappa shape index (κ1) is 9.05. The smallest absolute Gasteiger partial charge is 0.00772 e. The van der Waals surface area contributed by atoms with E-state index < -0.39 is 0 Å². The van der Waals surface area contributed by atoms with Crippen LogP contribution in [0.15, 0.2) is 0 Å². The summed E-state index contributed by atoms with van der Waals surface area (Å²) in [6.07, 6.45) is 8.42. The molecule has 1 aliphatic carbocycles. The summed E-state index contributed by atoms with van der Waals surface area (Å²) in [6, 6.07) is 0. The Morgan fingerprint density at radius 2 is 2.00 bits per heavy atom. The lowest BCUT2D eigenvalue weighted by Gasteiger charge is -2.16. The lowest BCUT2D eigenvalue weighted by atomic mass is 9.90. The quantitative estimate of drug-likeness (QED) is 0.663. The second kappa shape index (κ2) is 4.76. The molecule has 1 fully saturated rings. The van der Waals surface area contributed by atoms with Crippen LogP contribution in [0.2, 0.25) is 0 Å². The Labute approximate surface area is 70.4 Å². The zero-order chi connectivity index (χ0) is 8.10. The van der Waals surface area contributed by atoms with Crippen molar-refractivity contribution in [1.82, 2.24) is 0 Å². The summed E-state index contributed by atoms with van der Waals surface area (Å²) in [4.78, 5) is 0. The van der Waals surface area contributed by atoms with Crippen molar-refractivity contribution in [3.8, 4) is 0 Å². The number of hydrogen-bond acceptors (Lipinski definition) is 1. The lowest BCUT2D eigenvalue weighted by Crippen LogP contribution is -2.09. The van der Waals surface area contributed by atoms with Crippen molar-refractivity contribution in [1.29, 1.82) is 0 Å². The second-order valence-corrected chi connectivity index (χ2v) is 3.79. The summed E-state index contributed by atoms with van der Waals surface area (Å²) in [6.45, 7) is 3.21. The molecule has 0 bridgehead atoms. The maximum atomic E-state index is 5.49. The van der Waals surface area contributed by atoms with Gasteiger partial charge in [0.25, 0.3) is 0 Å². The molecule has 1 saturated carbocycles. The average molecular weight is 155 g/mol. The van der Waals surface area contributed by atoms with Gasteiger partial charge < -0.3 is 5.73 Å². The van der Waals surface area contributed by atoms with Crippen molar-refractivity contribution >= 4 is 0 Å². The van der Waals surface area contributed by atoms with Crippen molar-refractivity contribution in [3.63, 3.8) is 0 Å². The van der Waals surface area contributed by atoms with Gasteiger partial charge in [0.05, 0.1) is 0 Å². The molecule has 66 valence electrons. The maximum Gasteiger partial charge on any atom is -0.00772 e. The van der Waals surface area contributed by atoms with Crippen LogP contribution in [0.1, 0.15) is 45.4 Å². The molecular formula is C10H21N. The summed E-state index contributed by atoms with van der Waals surface area (Å²) in [7, 11) is 0. The van der Waals surface area contributed by atoms with Crippen LogP contribution in [0.25, 0.3) is 0 Å². The fourth-order valence-electron chi connectivity index (χ4n) is 2.41. The van der Waals surface area contributed by atoms with Crippen LogP contribution in [0.5, 0.6) is 0 Å². The van der Waals surface area contributed by atoms with E-state index in [1.54, 1.807) is 0 Å². The number of rotatable bonds is 4. The van der Waals surface area contributed by atoms with Gasteiger partial charge in [-0.15, -0.1) is 0 Å². The maximum absolute atomic E-state index is 5.49. The minimum Gasteiger partial charge on any atom is -0.330 e. The molecule has 1 heteroatoms. The highest BCUT2D eigenvalue weighted by Gasteiger charge is 2.24. The van der Waals surface area contributed by atoms with Crippen molar-refractivity contribution in [3.05, 3.63) is 0 Å². The summed E-state index contributed by atoms with van der Waals surface area (Å²) in [5.41, 5.74) is 5.49. The van der Waals surface area contributed by atoms with E-state index in [1.807, 2.05) is 0 Å². The van der Waals surface area contributed by atoms with Gasteiger partial charge in [0.1, 0.15) is 0 Å². The van der Waals surface area contributed by atoms with E-state index >= 15 is 0 Å². The average Bonchev–Trinajstić information content (AvgIpc) is 2.47. The molecule has 2 unspecified atom stereocenters. The van der Waals surface area contributed by atoms with Gasteiger partial charge in [-0.1, -0.05) is 32.6 Å². The Morgan fingerprint density at radius 1 is 1.27 bits per heavy atom. The van der Waals surface area contributed by atoms with Crippen LogP contribution in [-0.4, -0.2) is 6.54 Å². The van der Waals surface area contributed by atoms with Gasteiger partial charge in [0.2, 0.25) is 0 Å². The first-order valence-electron chi connectivity index (χ1n) is 5.08. The van der Waals surface area contributed by atoms with E-state index in [4.69, 9.17) is 5.73 Å². The summed E-state index contributed by atoms with van der Waals surface area (Å²) < 4.78 is 0. The van der Waals surface area contributed by atoms with E-state index in [9.17, 15) is 0 Å². The van der Waals surface area contributed by atoms with Crippen molar-refractivity contribution in [2.24, 2.45) is 17.6 Å². The van der Waals surface area contributed by atoms with Gasteiger partial charge in [-0.3, -0.25) is 0 Å². The summed E-state index contributed by atoms with van der Waals surface area (Å²) >= 11 is 0. The second-order valence-electron chi connectivity index (χ2n) is 3.79. The molecule has 0 aromatic heterocycles. The first-order valence-corrected chi connectivity index (χ1v) is 5.08. The third kappa shape index (κ3) is 2.48. The molecule has 0 aliphatic heterocycles. The minimum absolute atomic E-state index is 0.882. The highest BCUT2D eigenvalue weighted by Crippen LogP contribution is 2.36. The van der Waals surface area contributed by atoms with E-state index in [2.05, 4.69) is 6.92 Å². The van der Waals surface area contributed by atoms with Gasteiger partial charge in [0, 0.05) is 0 Å². The number of nitrogens with two attached hydrogens (primary N) is 1. The predicted molar refractivity (Wildman–Crippen MR) is 49.4 cm³/mol. The first-order chi connectivity index (χ1) is 5.38. The van der Waals surface area contributed by atoms with Crippen LogP contribution in [-0.2, 0) is 0 Å². The largest absolute Gasteiger partial charge is 0.330 e. The SMILES string of the molecule is CCC1CCCC1CCCN. The Morgan fingerprint density at radius 3 is 2.64 bits per heavy atom. The molecular weight excluding hydrogens is 134 g/mol. The molecule has 1 aliphatic rings. The van der Waals surface area contributed by atoms with Crippen LogP contribution >= 0.6 is 0 Å². The van der Waals surface area contributed by atoms with Crippen molar-refractivity contribution < 1.29 is 0 Å². The van der Waals surface area contributed by atoms with Gasteiger partial charge in [-0.2, -0.15) is 0 Å². The Hall–Kier alpha value is -0.0400. The molecule has 0 spiro atoms. The third-order valence-corrected chi connectivity index (χ3v) is 3.12. The lowest BCUT2D eigenvalue weighted by molar-refractivity contribution is 0.349. The number of hydrogen-bond donors (Lipinski definition) is 1. The van der Waals surface area contributed by atoms with Gasteiger partial charge >= 0.3 is 0 Å². The molecule has 0 heterocycles. The molecule has 0 aromatic carbocycles. The molecule has 11 heavy (non-hydrogen) atoms. The fraction of sp³-hybridized carbons (Fsp3) is 1.00. The zero-order valence-electron chi connectivity index (χ0n) is 7.68. The van der Waals surface area contributed by atoms with Crippen LogP contribution in [0.4, 0.5) is 0 Å². The van der Waals surface area contributed by atoms with Crippen LogP contribution in [0, 0.1) is 11.8 Å². The van der Waals surface area contributed by atoms with Gasteiger partial charge in [-0.25, -0.2) is 0 Å². The standard InChI is InChI=1S/C10H21N/c1-2-9-5-3-6-10(9)7-4-8-11/h9-10H,2-8,11H2,1H3. The third-order valence-electron chi connectivity index (χ3n) is 3.12. The Balaban J connectivity index is 2.20. The monoisotopic (exact) mass is 155 g/mol. The van der Waals surface area contributed by atoms with E-state index in [-0.39, 0.29) is 0 Å². The van der Waals surface area contributed by atoms with Gasteiger partial charge in [0.15, 0.2) is 0 Å². The highest BCUT2D eigenvalue weighted by molar-refractivity contribution is 4.76. The molecule has 2 atom stereocenters. The Bertz CT molecular complexity index is 101. The highest BCUT2D eigenvalue weighted by atomic mass is 14.5. The fourth-order valence-corrected chi connectivity index (χ4v) is 2.41. The molecule has 0 radical (unpaired) electrons. The van der Waals surface area contributed by atoms with Crippen molar-refractivity contribution in [2.75, 3.05) is 6.54 Å². The van der Waals surface area contributed by atoms with Gasteiger partial charge in [-0.05, 0) is 31.2 Å². The molecule has 1 rings (SSSR count). The Kier molecular flexibility index (Phi) is 3.92. The van der Waals surface area contributed by atoms with E-state index in [0.717, 1.165) is 18.4 Å². The zero-order valence-corrected chi connectivity index (χ0v) is 7.68. The molecule has 2 N–H and O–H groups in total. The summed E-state index contributed by atoms with van der Waals surface area (Å²) in [5.74, 6) is 2.05. The molecule has 0 aromatic rings. The topological polar surface area (TPSA) is 26.0 Å². The molecule has 0 amide bonds. The van der Waals surface area contributed by atoms with Crippen LogP contribution in [0.3, 0.4) is 0 Å². The normalized spacial score (nSPS) is 31.1. The predicted octanol–water partition coefficient (Wildman–Crippen LogP) is 2.55. The molecule has 1 nitrogen and oxygen atoms in total. The van der Waals surface area contributed by atoms with E-state index in [0.29, 0.717) is 0 Å².